The van der Waals surface area contributed by atoms with E-state index >= 15 is 0 Å². The number of rotatable bonds is 4. The predicted octanol–water partition coefficient (Wildman–Crippen LogP) is 1.75. The SMILES string of the molecule is Cc1cc(-c2ccc3ncc(S(=O)N(C)C4CCOC4)n3c2)cn(C)c1=O. The molecule has 0 bridgehead atoms. The molecule has 0 saturated carbocycles. The Kier molecular flexibility index (Phi) is 4.71. The van der Waals surface area contributed by atoms with Crippen LogP contribution in [0.3, 0.4) is 0 Å². The quantitative estimate of drug-likeness (QED) is 0.685. The molecular formula is C19H22N4O3S. The molecule has 2 atom stereocenters. The van der Waals surface area contributed by atoms with Gasteiger partial charge in [-0.25, -0.2) is 13.5 Å². The van der Waals surface area contributed by atoms with Gasteiger partial charge in [-0.05, 0) is 42.7 Å². The maximum absolute atomic E-state index is 13.1. The second-order valence-corrected chi connectivity index (χ2v) is 8.38. The Morgan fingerprint density at radius 1 is 1.30 bits per heavy atom. The number of aromatic nitrogens is 3. The number of imidazole rings is 1. The normalized spacial score (nSPS) is 18.4. The number of hydrogen-bond donors (Lipinski definition) is 0. The van der Waals surface area contributed by atoms with E-state index in [-0.39, 0.29) is 11.6 Å². The highest BCUT2D eigenvalue weighted by molar-refractivity contribution is 7.82. The molecule has 1 aliphatic rings. The molecule has 27 heavy (non-hydrogen) atoms. The fraction of sp³-hybridized carbons (Fsp3) is 0.368. The van der Waals surface area contributed by atoms with Gasteiger partial charge in [0.05, 0.1) is 12.8 Å². The van der Waals surface area contributed by atoms with Gasteiger partial charge in [0.1, 0.15) is 21.7 Å². The van der Waals surface area contributed by atoms with Crippen LogP contribution >= 0.6 is 0 Å². The van der Waals surface area contributed by atoms with E-state index in [1.54, 1.807) is 24.7 Å². The highest BCUT2D eigenvalue weighted by Crippen LogP contribution is 2.23. The molecule has 0 radical (unpaired) electrons. The molecule has 1 fully saturated rings. The Labute approximate surface area is 159 Å². The van der Waals surface area contributed by atoms with Gasteiger partial charge in [-0.1, -0.05) is 0 Å². The summed E-state index contributed by atoms with van der Waals surface area (Å²) >= 11 is 0. The van der Waals surface area contributed by atoms with Crippen molar-refractivity contribution in [3.05, 3.63) is 52.7 Å². The average molecular weight is 386 g/mol. The third-order valence-corrected chi connectivity index (χ3v) is 6.51. The lowest BCUT2D eigenvalue weighted by Crippen LogP contribution is -2.34. The van der Waals surface area contributed by atoms with Crippen LogP contribution in [0.2, 0.25) is 0 Å². The largest absolute Gasteiger partial charge is 0.380 e. The molecular weight excluding hydrogens is 364 g/mol. The van der Waals surface area contributed by atoms with Gasteiger partial charge < -0.3 is 9.30 Å². The number of ether oxygens (including phenoxy) is 1. The van der Waals surface area contributed by atoms with Gasteiger partial charge in [0, 0.05) is 44.7 Å². The first kappa shape index (κ1) is 18.1. The minimum atomic E-state index is -1.34. The topological polar surface area (TPSA) is 68.8 Å². The molecule has 0 N–H and O–H groups in total. The number of hydrogen-bond acceptors (Lipinski definition) is 4. The molecule has 142 valence electrons. The maximum atomic E-state index is 13.1. The third-order valence-electron chi connectivity index (χ3n) is 5.03. The number of aryl methyl sites for hydroxylation is 2. The standard InChI is InChI=1S/C19H22N4O3S/c1-13-8-15(10-21(2)19(13)24)14-4-5-17-20-9-18(23(17)11-14)27(25)22(3)16-6-7-26-12-16/h4-5,8-11,16H,6-7,12H2,1-3H3. The number of nitrogens with zero attached hydrogens (tertiary/aromatic N) is 4. The monoisotopic (exact) mass is 386 g/mol. The van der Waals surface area contributed by atoms with Crippen molar-refractivity contribution in [1.82, 2.24) is 18.3 Å². The minimum Gasteiger partial charge on any atom is -0.380 e. The first-order valence-corrected chi connectivity index (χ1v) is 9.93. The van der Waals surface area contributed by atoms with Gasteiger partial charge in [-0.2, -0.15) is 0 Å². The van der Waals surface area contributed by atoms with Crippen molar-refractivity contribution in [2.45, 2.75) is 24.4 Å². The summed E-state index contributed by atoms with van der Waals surface area (Å²) in [5.74, 6) is 0. The van der Waals surface area contributed by atoms with E-state index in [4.69, 9.17) is 4.74 Å². The van der Waals surface area contributed by atoms with Crippen LogP contribution in [0.5, 0.6) is 0 Å². The second kappa shape index (κ2) is 7.03. The average Bonchev–Trinajstić information content (AvgIpc) is 3.33. The van der Waals surface area contributed by atoms with Crippen molar-refractivity contribution in [2.24, 2.45) is 7.05 Å². The highest BCUT2D eigenvalue weighted by Gasteiger charge is 2.26. The van der Waals surface area contributed by atoms with E-state index < -0.39 is 11.0 Å². The zero-order chi connectivity index (χ0) is 19.1. The molecule has 0 aliphatic carbocycles. The zero-order valence-corrected chi connectivity index (χ0v) is 16.4. The fourth-order valence-corrected chi connectivity index (χ4v) is 4.57. The van der Waals surface area contributed by atoms with Crippen LogP contribution in [0, 0.1) is 6.92 Å². The summed E-state index contributed by atoms with van der Waals surface area (Å²) in [7, 11) is 2.26. The minimum absolute atomic E-state index is 0.00958. The molecule has 0 spiro atoms. The van der Waals surface area contributed by atoms with E-state index in [2.05, 4.69) is 4.98 Å². The summed E-state index contributed by atoms with van der Waals surface area (Å²) in [6.45, 7) is 3.11. The lowest BCUT2D eigenvalue weighted by atomic mass is 10.1. The number of fused-ring (bicyclic) bond motifs is 1. The summed E-state index contributed by atoms with van der Waals surface area (Å²) in [6, 6.07) is 5.88. The van der Waals surface area contributed by atoms with Crippen LogP contribution in [0.4, 0.5) is 0 Å². The first-order chi connectivity index (χ1) is 13.0. The lowest BCUT2D eigenvalue weighted by molar-refractivity contribution is 0.182. The molecule has 3 aromatic rings. The number of likely N-dealkylation sites (N-methyl/N-ethyl adjacent to an activating group) is 1. The Morgan fingerprint density at radius 2 is 2.11 bits per heavy atom. The molecule has 2 unspecified atom stereocenters. The molecule has 4 heterocycles. The maximum Gasteiger partial charge on any atom is 0.253 e. The highest BCUT2D eigenvalue weighted by atomic mass is 32.2. The summed E-state index contributed by atoms with van der Waals surface area (Å²) in [4.78, 5) is 16.3. The predicted molar refractivity (Wildman–Crippen MR) is 104 cm³/mol. The lowest BCUT2D eigenvalue weighted by Gasteiger charge is -2.21. The molecule has 4 rings (SSSR count). The van der Waals surface area contributed by atoms with E-state index in [1.807, 2.05) is 46.3 Å². The summed E-state index contributed by atoms with van der Waals surface area (Å²) in [5, 5.41) is 0.628. The van der Waals surface area contributed by atoms with Crippen molar-refractivity contribution < 1.29 is 8.95 Å². The third kappa shape index (κ3) is 3.24. The van der Waals surface area contributed by atoms with Crippen LogP contribution < -0.4 is 5.56 Å². The molecule has 0 aromatic carbocycles. The Bertz CT molecular complexity index is 1060. The van der Waals surface area contributed by atoms with Gasteiger partial charge in [-0.3, -0.25) is 9.20 Å². The van der Waals surface area contributed by atoms with Crippen LogP contribution in [0.1, 0.15) is 12.0 Å². The molecule has 8 heteroatoms. The van der Waals surface area contributed by atoms with E-state index in [1.165, 1.54) is 0 Å². The number of pyridine rings is 2. The molecule has 3 aromatic heterocycles. The summed E-state index contributed by atoms with van der Waals surface area (Å²) in [6.07, 6.45) is 6.27. The molecule has 1 aliphatic heterocycles. The Hall–Kier alpha value is -2.29. The van der Waals surface area contributed by atoms with Gasteiger partial charge in [0.25, 0.3) is 5.56 Å². The van der Waals surface area contributed by atoms with Crippen LogP contribution in [0.15, 0.2) is 46.6 Å². The van der Waals surface area contributed by atoms with E-state index in [9.17, 15) is 9.00 Å². The van der Waals surface area contributed by atoms with Crippen molar-refractivity contribution in [2.75, 3.05) is 20.3 Å². The second-order valence-electron chi connectivity index (χ2n) is 6.88. The van der Waals surface area contributed by atoms with Crippen molar-refractivity contribution in [3.8, 4) is 11.1 Å². The van der Waals surface area contributed by atoms with Crippen LogP contribution in [-0.2, 0) is 22.8 Å². The molecule has 7 nitrogen and oxygen atoms in total. The van der Waals surface area contributed by atoms with Crippen LogP contribution in [0.25, 0.3) is 16.8 Å². The van der Waals surface area contributed by atoms with E-state index in [0.717, 1.165) is 23.2 Å². The Balaban J connectivity index is 1.75. The van der Waals surface area contributed by atoms with Gasteiger partial charge in [0.15, 0.2) is 0 Å². The van der Waals surface area contributed by atoms with Crippen molar-refractivity contribution >= 4 is 16.6 Å². The molecule has 1 saturated heterocycles. The van der Waals surface area contributed by atoms with Crippen molar-refractivity contribution in [3.63, 3.8) is 0 Å². The fourth-order valence-electron chi connectivity index (χ4n) is 3.39. The van der Waals surface area contributed by atoms with Gasteiger partial charge in [0.2, 0.25) is 0 Å². The van der Waals surface area contributed by atoms with Gasteiger partial charge in [-0.15, -0.1) is 0 Å². The van der Waals surface area contributed by atoms with Crippen molar-refractivity contribution in [1.29, 1.82) is 0 Å². The van der Waals surface area contributed by atoms with E-state index in [0.29, 0.717) is 23.8 Å². The Morgan fingerprint density at radius 3 is 2.81 bits per heavy atom. The summed E-state index contributed by atoms with van der Waals surface area (Å²) < 4.78 is 23.8. The van der Waals surface area contributed by atoms with Gasteiger partial charge >= 0.3 is 0 Å². The van der Waals surface area contributed by atoms with Crippen LogP contribution in [-0.4, -0.2) is 48.8 Å². The summed E-state index contributed by atoms with van der Waals surface area (Å²) in [5.41, 5.74) is 3.28. The molecule has 0 amide bonds. The zero-order valence-electron chi connectivity index (χ0n) is 15.6. The first-order valence-electron chi connectivity index (χ1n) is 8.83. The smallest absolute Gasteiger partial charge is 0.253 e.